The molecule has 0 aliphatic carbocycles. The Balaban J connectivity index is 2.11. The second-order valence-electron chi connectivity index (χ2n) is 5.70. The lowest BCUT2D eigenvalue weighted by Gasteiger charge is -2.19. The number of ether oxygens (including phenoxy) is 1. The van der Waals surface area contributed by atoms with Gasteiger partial charge in [-0.1, -0.05) is 0 Å². The molecule has 0 atom stereocenters. The number of hydrogen-bond acceptors (Lipinski definition) is 6. The lowest BCUT2D eigenvalue weighted by atomic mass is 10.2. The Bertz CT molecular complexity index is 806. The summed E-state index contributed by atoms with van der Waals surface area (Å²) in [5.74, 6) is 0.370. The Kier molecular flexibility index (Phi) is 4.39. The molecule has 0 aromatic carbocycles. The van der Waals surface area contributed by atoms with E-state index in [0.29, 0.717) is 11.5 Å². The molecule has 23 heavy (non-hydrogen) atoms. The Morgan fingerprint density at radius 3 is 2.48 bits per heavy atom. The molecule has 0 spiro atoms. The molecule has 2 heterocycles. The lowest BCUT2D eigenvalue weighted by molar-refractivity contribution is 0.0636. The SMILES string of the molecule is CC(C)(C)OC(=O)Nc1ccc(-n2cc(S(N)(=O)=O)cn2)nc1. The number of rotatable bonds is 3. The van der Waals surface area contributed by atoms with Crippen LogP contribution in [0.1, 0.15) is 20.8 Å². The van der Waals surface area contributed by atoms with Crippen molar-refractivity contribution in [3.8, 4) is 5.82 Å². The van der Waals surface area contributed by atoms with Crippen molar-refractivity contribution in [1.29, 1.82) is 0 Å². The van der Waals surface area contributed by atoms with E-state index in [2.05, 4.69) is 15.4 Å². The molecular formula is C13H17N5O4S. The highest BCUT2D eigenvalue weighted by molar-refractivity contribution is 7.89. The van der Waals surface area contributed by atoms with Crippen molar-refractivity contribution < 1.29 is 17.9 Å². The van der Waals surface area contributed by atoms with Crippen LogP contribution in [-0.2, 0) is 14.8 Å². The lowest BCUT2D eigenvalue weighted by Crippen LogP contribution is -2.27. The zero-order valence-corrected chi connectivity index (χ0v) is 13.7. The maximum Gasteiger partial charge on any atom is 0.412 e. The van der Waals surface area contributed by atoms with Crippen molar-refractivity contribution >= 4 is 21.8 Å². The average molecular weight is 339 g/mol. The number of nitrogens with two attached hydrogens (primary N) is 1. The molecule has 1 amide bonds. The molecule has 0 bridgehead atoms. The minimum atomic E-state index is -3.82. The summed E-state index contributed by atoms with van der Waals surface area (Å²) in [6, 6.07) is 3.15. The van der Waals surface area contributed by atoms with E-state index in [1.165, 1.54) is 17.1 Å². The number of amides is 1. The van der Waals surface area contributed by atoms with Crippen LogP contribution in [0.25, 0.3) is 5.82 Å². The molecule has 0 saturated heterocycles. The summed E-state index contributed by atoms with van der Waals surface area (Å²) >= 11 is 0. The van der Waals surface area contributed by atoms with Crippen LogP contribution in [-0.4, -0.2) is 34.9 Å². The van der Waals surface area contributed by atoms with E-state index in [-0.39, 0.29) is 4.90 Å². The second kappa shape index (κ2) is 5.97. The van der Waals surface area contributed by atoms with Crippen LogP contribution in [0, 0.1) is 0 Å². The van der Waals surface area contributed by atoms with Crippen LogP contribution in [0.2, 0.25) is 0 Å². The summed E-state index contributed by atoms with van der Waals surface area (Å²) in [7, 11) is -3.82. The van der Waals surface area contributed by atoms with Gasteiger partial charge in [0.1, 0.15) is 10.5 Å². The molecular weight excluding hydrogens is 322 g/mol. The maximum atomic E-state index is 11.6. The van der Waals surface area contributed by atoms with Crippen molar-refractivity contribution in [1.82, 2.24) is 14.8 Å². The van der Waals surface area contributed by atoms with E-state index in [9.17, 15) is 13.2 Å². The normalized spacial score (nSPS) is 12.0. The molecule has 0 aliphatic rings. The van der Waals surface area contributed by atoms with Crippen LogP contribution in [0.15, 0.2) is 35.6 Å². The van der Waals surface area contributed by atoms with E-state index in [4.69, 9.17) is 9.88 Å². The summed E-state index contributed by atoms with van der Waals surface area (Å²) in [6.07, 6.45) is 3.18. The molecule has 0 fully saturated rings. The second-order valence-corrected chi connectivity index (χ2v) is 7.26. The molecule has 0 unspecified atom stereocenters. The minimum Gasteiger partial charge on any atom is -0.444 e. The van der Waals surface area contributed by atoms with Crippen LogP contribution in [0.5, 0.6) is 0 Å². The first-order valence-corrected chi connectivity index (χ1v) is 8.13. The van der Waals surface area contributed by atoms with Crippen molar-refractivity contribution in [2.24, 2.45) is 5.14 Å². The van der Waals surface area contributed by atoms with Gasteiger partial charge in [0, 0.05) is 0 Å². The Hall–Kier alpha value is -2.46. The number of anilines is 1. The highest BCUT2D eigenvalue weighted by Gasteiger charge is 2.16. The van der Waals surface area contributed by atoms with Gasteiger partial charge < -0.3 is 4.74 Å². The third kappa shape index (κ3) is 4.76. The van der Waals surface area contributed by atoms with E-state index in [0.717, 1.165) is 6.20 Å². The first-order chi connectivity index (χ1) is 10.5. The summed E-state index contributed by atoms with van der Waals surface area (Å²) in [4.78, 5) is 15.6. The van der Waals surface area contributed by atoms with Crippen LogP contribution in [0.4, 0.5) is 10.5 Å². The quantitative estimate of drug-likeness (QED) is 0.866. The zero-order valence-electron chi connectivity index (χ0n) is 12.8. The van der Waals surface area contributed by atoms with E-state index >= 15 is 0 Å². The Labute approximate surface area is 133 Å². The van der Waals surface area contributed by atoms with Crippen molar-refractivity contribution in [3.05, 3.63) is 30.7 Å². The maximum absolute atomic E-state index is 11.6. The van der Waals surface area contributed by atoms with Crippen molar-refractivity contribution in [2.75, 3.05) is 5.32 Å². The van der Waals surface area contributed by atoms with Gasteiger partial charge in [-0.2, -0.15) is 5.10 Å². The van der Waals surface area contributed by atoms with Gasteiger partial charge in [-0.15, -0.1) is 0 Å². The van der Waals surface area contributed by atoms with Crippen LogP contribution >= 0.6 is 0 Å². The van der Waals surface area contributed by atoms with Gasteiger partial charge in [0.25, 0.3) is 0 Å². The number of primary sulfonamides is 1. The summed E-state index contributed by atoms with van der Waals surface area (Å²) in [6.45, 7) is 5.28. The fourth-order valence-electron chi connectivity index (χ4n) is 1.60. The molecule has 0 aliphatic heterocycles. The van der Waals surface area contributed by atoms with E-state index < -0.39 is 21.7 Å². The molecule has 2 aromatic rings. The van der Waals surface area contributed by atoms with Gasteiger partial charge in [0.15, 0.2) is 5.82 Å². The van der Waals surface area contributed by atoms with E-state index in [1.807, 2.05) is 0 Å². The molecule has 2 aromatic heterocycles. The predicted molar refractivity (Wildman–Crippen MR) is 82.6 cm³/mol. The van der Waals surface area contributed by atoms with Gasteiger partial charge in [0.05, 0.1) is 24.3 Å². The third-order valence-electron chi connectivity index (χ3n) is 2.52. The third-order valence-corrected chi connectivity index (χ3v) is 3.38. The highest BCUT2D eigenvalue weighted by atomic mass is 32.2. The first kappa shape index (κ1) is 16.9. The van der Waals surface area contributed by atoms with Gasteiger partial charge in [-0.25, -0.2) is 28.0 Å². The summed E-state index contributed by atoms with van der Waals surface area (Å²) in [5.41, 5.74) is -0.168. The standard InChI is InChI=1S/C13H17N5O4S/c1-13(2,3)22-12(19)17-9-4-5-11(15-6-9)18-8-10(7-16-18)23(14,20)21/h4-8H,1-3H3,(H,17,19)(H2,14,20,21). The van der Waals surface area contributed by atoms with Crippen LogP contribution in [0.3, 0.4) is 0 Å². The Morgan fingerprint density at radius 2 is 2.00 bits per heavy atom. The van der Waals surface area contributed by atoms with Gasteiger partial charge in [-0.3, -0.25) is 5.32 Å². The number of aromatic nitrogens is 3. The number of sulfonamides is 1. The largest absolute Gasteiger partial charge is 0.444 e. The van der Waals surface area contributed by atoms with Gasteiger partial charge in [-0.05, 0) is 32.9 Å². The first-order valence-electron chi connectivity index (χ1n) is 6.58. The Morgan fingerprint density at radius 1 is 1.30 bits per heavy atom. The summed E-state index contributed by atoms with van der Waals surface area (Å²) in [5, 5.41) is 11.4. The van der Waals surface area contributed by atoms with Gasteiger partial charge in [0.2, 0.25) is 10.0 Å². The van der Waals surface area contributed by atoms with Gasteiger partial charge >= 0.3 is 6.09 Å². The number of nitrogens with zero attached hydrogens (tertiary/aromatic N) is 3. The highest BCUT2D eigenvalue weighted by Crippen LogP contribution is 2.14. The molecule has 3 N–H and O–H groups in total. The number of carbonyl (C=O) groups excluding carboxylic acids is 1. The van der Waals surface area contributed by atoms with Crippen LogP contribution < -0.4 is 10.5 Å². The molecule has 0 radical (unpaired) electrons. The smallest absolute Gasteiger partial charge is 0.412 e. The fraction of sp³-hybridized carbons (Fsp3) is 0.308. The fourth-order valence-corrected chi connectivity index (χ4v) is 2.04. The van der Waals surface area contributed by atoms with Crippen molar-refractivity contribution in [3.63, 3.8) is 0 Å². The topological polar surface area (TPSA) is 129 Å². The van der Waals surface area contributed by atoms with E-state index in [1.54, 1.807) is 32.9 Å². The molecule has 0 saturated carbocycles. The minimum absolute atomic E-state index is 0.116. The predicted octanol–water partition coefficient (Wildman–Crippen LogP) is 1.26. The van der Waals surface area contributed by atoms with Crippen molar-refractivity contribution in [2.45, 2.75) is 31.3 Å². The summed E-state index contributed by atoms with van der Waals surface area (Å²) < 4.78 is 28.8. The number of pyridine rings is 1. The molecule has 10 heteroatoms. The number of hydrogen-bond donors (Lipinski definition) is 2. The molecule has 2 rings (SSSR count). The zero-order chi connectivity index (χ0) is 17.3. The number of nitrogens with one attached hydrogen (secondary N) is 1. The number of carbonyl (C=O) groups is 1. The molecule has 124 valence electrons. The molecule has 9 nitrogen and oxygen atoms in total. The monoisotopic (exact) mass is 339 g/mol. The average Bonchev–Trinajstić information content (AvgIpc) is 2.86.